The van der Waals surface area contributed by atoms with Crippen molar-refractivity contribution in [2.45, 2.75) is 44.8 Å². The van der Waals surface area contributed by atoms with Gasteiger partial charge in [0.2, 0.25) is 0 Å². The molecular weight excluding hydrogens is 320 g/mol. The Morgan fingerprint density at radius 1 is 1.40 bits per heavy atom. The van der Waals surface area contributed by atoms with Gasteiger partial charge in [0.15, 0.2) is 5.82 Å². The summed E-state index contributed by atoms with van der Waals surface area (Å²) < 4.78 is 6.78. The average molecular weight is 341 g/mol. The summed E-state index contributed by atoms with van der Waals surface area (Å²) in [6.07, 6.45) is 2.45. The van der Waals surface area contributed by atoms with E-state index in [1.165, 1.54) is 12.8 Å². The maximum atomic E-state index is 6.01. The van der Waals surface area contributed by atoms with Gasteiger partial charge in [0.25, 0.3) is 0 Å². The average Bonchev–Trinajstić information content (AvgIpc) is 2.88. The van der Waals surface area contributed by atoms with Crippen molar-refractivity contribution in [3.8, 4) is 0 Å². The van der Waals surface area contributed by atoms with Crippen LogP contribution in [0.4, 0.5) is 5.82 Å². The van der Waals surface area contributed by atoms with Crippen LogP contribution >= 0.6 is 15.9 Å². The van der Waals surface area contributed by atoms with Gasteiger partial charge < -0.3 is 10.5 Å². The van der Waals surface area contributed by atoms with Crippen LogP contribution in [0.25, 0.3) is 0 Å². The zero-order chi connectivity index (χ0) is 14.3. The molecule has 1 aromatic heterocycles. The Hall–Kier alpha value is -0.720. The highest BCUT2D eigenvalue weighted by Crippen LogP contribution is 2.32. The summed E-state index contributed by atoms with van der Waals surface area (Å²) in [5.41, 5.74) is 6.96. The van der Waals surface area contributed by atoms with E-state index in [9.17, 15) is 0 Å². The molecule has 2 N–H and O–H groups in total. The van der Waals surface area contributed by atoms with E-state index in [4.69, 9.17) is 10.5 Å². The van der Waals surface area contributed by atoms with Gasteiger partial charge in [0.05, 0.1) is 16.8 Å². The molecule has 1 aromatic rings. The molecule has 2 atom stereocenters. The van der Waals surface area contributed by atoms with E-state index in [0.29, 0.717) is 17.8 Å². The lowest BCUT2D eigenvalue weighted by Gasteiger charge is -2.34. The van der Waals surface area contributed by atoms with Crippen molar-refractivity contribution in [3.05, 3.63) is 16.0 Å². The predicted molar refractivity (Wildman–Crippen MR) is 81.5 cm³/mol. The molecule has 3 heterocycles. The molecule has 0 aliphatic carbocycles. The van der Waals surface area contributed by atoms with E-state index in [1.807, 2.05) is 0 Å². The molecule has 5 nitrogen and oxygen atoms in total. The number of hydrogen-bond donors (Lipinski definition) is 1. The summed E-state index contributed by atoms with van der Waals surface area (Å²) in [6, 6.07) is 0.587. The molecule has 0 aromatic carbocycles. The molecule has 0 saturated carbocycles. The fraction of sp³-hybridized carbons (Fsp3) is 0.714. The number of anilines is 1. The van der Waals surface area contributed by atoms with Crippen LogP contribution in [-0.2, 0) is 4.74 Å². The van der Waals surface area contributed by atoms with Crippen LogP contribution in [0.5, 0.6) is 0 Å². The van der Waals surface area contributed by atoms with Gasteiger partial charge >= 0.3 is 0 Å². The van der Waals surface area contributed by atoms with Crippen molar-refractivity contribution in [2.75, 3.05) is 25.4 Å². The summed E-state index contributed by atoms with van der Waals surface area (Å²) >= 11 is 3.48. The third-order valence-electron chi connectivity index (χ3n) is 4.14. The second-order valence-corrected chi connectivity index (χ2v) is 6.73. The van der Waals surface area contributed by atoms with Crippen molar-refractivity contribution in [1.29, 1.82) is 0 Å². The minimum absolute atomic E-state index is 0.0581. The molecule has 2 aliphatic heterocycles. The van der Waals surface area contributed by atoms with Gasteiger partial charge in [-0.15, -0.1) is 0 Å². The number of fused-ring (bicyclic) bond motifs is 1. The Labute approximate surface area is 128 Å². The smallest absolute Gasteiger partial charge is 0.161 e. The highest BCUT2D eigenvalue weighted by molar-refractivity contribution is 9.10. The Balaban J connectivity index is 1.86. The number of nitrogens with two attached hydrogens (primary N) is 1. The van der Waals surface area contributed by atoms with E-state index in [-0.39, 0.29) is 6.10 Å². The largest absolute Gasteiger partial charge is 0.383 e. The number of aromatic nitrogens is 2. The normalized spacial score (nSPS) is 27.0. The molecule has 20 heavy (non-hydrogen) atoms. The van der Waals surface area contributed by atoms with E-state index in [0.717, 1.165) is 35.7 Å². The number of nitrogen functional groups attached to an aromatic ring is 1. The number of morpholine rings is 1. The molecule has 2 saturated heterocycles. The Bertz CT molecular complexity index is 508. The van der Waals surface area contributed by atoms with E-state index >= 15 is 0 Å². The van der Waals surface area contributed by atoms with Crippen molar-refractivity contribution in [2.24, 2.45) is 0 Å². The molecule has 2 fully saturated rings. The first-order valence-corrected chi connectivity index (χ1v) is 8.04. The van der Waals surface area contributed by atoms with Crippen molar-refractivity contribution in [1.82, 2.24) is 14.9 Å². The zero-order valence-corrected chi connectivity index (χ0v) is 13.6. The molecule has 0 bridgehead atoms. The SMILES string of the molecule is CC(C)c1nc(C2CN3CCCC3CO2)nc(N)c1Br. The lowest BCUT2D eigenvalue weighted by molar-refractivity contribution is -0.0541. The van der Waals surface area contributed by atoms with Gasteiger partial charge in [0, 0.05) is 12.6 Å². The van der Waals surface area contributed by atoms with Crippen molar-refractivity contribution >= 4 is 21.7 Å². The molecule has 6 heteroatoms. The highest BCUT2D eigenvalue weighted by Gasteiger charge is 2.34. The molecule has 2 aliphatic rings. The zero-order valence-electron chi connectivity index (χ0n) is 12.0. The van der Waals surface area contributed by atoms with Crippen LogP contribution in [0.3, 0.4) is 0 Å². The third kappa shape index (κ3) is 2.56. The minimum atomic E-state index is -0.0581. The first-order valence-electron chi connectivity index (χ1n) is 7.24. The number of ether oxygens (including phenoxy) is 1. The topological polar surface area (TPSA) is 64.3 Å². The van der Waals surface area contributed by atoms with Crippen LogP contribution < -0.4 is 5.73 Å². The molecule has 0 spiro atoms. The first-order chi connectivity index (χ1) is 9.56. The summed E-state index contributed by atoms with van der Waals surface area (Å²) in [7, 11) is 0. The molecule has 3 rings (SSSR count). The maximum absolute atomic E-state index is 6.01. The van der Waals surface area contributed by atoms with Crippen LogP contribution in [0.1, 0.15) is 50.2 Å². The van der Waals surface area contributed by atoms with Gasteiger partial charge in [0.1, 0.15) is 11.9 Å². The van der Waals surface area contributed by atoms with Gasteiger partial charge in [-0.2, -0.15) is 0 Å². The maximum Gasteiger partial charge on any atom is 0.161 e. The summed E-state index contributed by atoms with van der Waals surface area (Å²) in [6.45, 7) is 7.03. The molecule has 2 unspecified atom stereocenters. The predicted octanol–water partition coefficient (Wildman–Crippen LogP) is 2.48. The Morgan fingerprint density at radius 2 is 2.20 bits per heavy atom. The number of halogens is 1. The van der Waals surface area contributed by atoms with Crippen LogP contribution in [0, 0.1) is 0 Å². The Kier molecular flexibility index (Phi) is 3.97. The fourth-order valence-electron chi connectivity index (χ4n) is 3.00. The van der Waals surface area contributed by atoms with Gasteiger partial charge in [-0.3, -0.25) is 4.90 Å². The molecular formula is C14H21BrN4O. The molecule has 0 radical (unpaired) electrons. The second kappa shape index (κ2) is 5.58. The molecule has 110 valence electrons. The van der Waals surface area contributed by atoms with Crippen molar-refractivity contribution < 1.29 is 4.74 Å². The monoisotopic (exact) mass is 340 g/mol. The van der Waals surface area contributed by atoms with E-state index in [2.05, 4.69) is 44.6 Å². The quantitative estimate of drug-likeness (QED) is 0.895. The van der Waals surface area contributed by atoms with Crippen LogP contribution in [0.2, 0.25) is 0 Å². The summed E-state index contributed by atoms with van der Waals surface area (Å²) in [5, 5.41) is 0. The first kappa shape index (κ1) is 14.2. The van der Waals surface area contributed by atoms with E-state index < -0.39 is 0 Å². The number of rotatable bonds is 2. The lowest BCUT2D eigenvalue weighted by Crippen LogP contribution is -2.43. The number of hydrogen-bond acceptors (Lipinski definition) is 5. The van der Waals surface area contributed by atoms with E-state index in [1.54, 1.807) is 0 Å². The number of nitrogens with zero attached hydrogens (tertiary/aromatic N) is 3. The minimum Gasteiger partial charge on any atom is -0.383 e. The Morgan fingerprint density at radius 3 is 2.95 bits per heavy atom. The van der Waals surface area contributed by atoms with Crippen LogP contribution in [-0.4, -0.2) is 40.6 Å². The van der Waals surface area contributed by atoms with Gasteiger partial charge in [-0.05, 0) is 41.2 Å². The standard InChI is InChI=1S/C14H21BrN4O/c1-8(2)12-11(15)13(16)18-14(17-12)10-6-19-5-3-4-9(19)7-20-10/h8-10H,3-7H2,1-2H3,(H2,16,17,18). The third-order valence-corrected chi connectivity index (χ3v) is 4.96. The van der Waals surface area contributed by atoms with Crippen LogP contribution in [0.15, 0.2) is 4.47 Å². The second-order valence-electron chi connectivity index (χ2n) is 5.93. The van der Waals surface area contributed by atoms with Gasteiger partial charge in [-0.1, -0.05) is 13.8 Å². The lowest BCUT2D eigenvalue weighted by atomic mass is 10.1. The fourth-order valence-corrected chi connectivity index (χ4v) is 3.64. The summed E-state index contributed by atoms with van der Waals surface area (Å²) in [4.78, 5) is 11.6. The van der Waals surface area contributed by atoms with Gasteiger partial charge in [-0.25, -0.2) is 9.97 Å². The molecule has 0 amide bonds. The summed E-state index contributed by atoms with van der Waals surface area (Å²) in [5.74, 6) is 1.53. The van der Waals surface area contributed by atoms with Crippen molar-refractivity contribution in [3.63, 3.8) is 0 Å². The highest BCUT2D eigenvalue weighted by atomic mass is 79.9.